The number of aromatic nitrogens is 6. The zero-order valence-corrected chi connectivity index (χ0v) is 36.7. The molecule has 0 fully saturated rings. The van der Waals surface area contributed by atoms with E-state index in [4.69, 9.17) is 79.9 Å². The molecule has 5 N–H and O–H groups in total. The number of rotatable bonds is 12. The largest absolute Gasteiger partial charge is 0.489 e. The van der Waals surface area contributed by atoms with Crippen molar-refractivity contribution in [2.45, 2.75) is 58.2 Å². The minimum absolute atomic E-state index is 0.0111. The Labute approximate surface area is 351 Å². The Bertz CT molecular complexity index is 2480. The van der Waals surface area contributed by atoms with Crippen molar-refractivity contribution in [3.63, 3.8) is 0 Å². The second-order valence-electron chi connectivity index (χ2n) is 13.0. The summed E-state index contributed by atoms with van der Waals surface area (Å²) >= 11 is 24.5. The average Bonchev–Trinajstić information content (AvgIpc) is 3.73. The van der Waals surface area contributed by atoms with E-state index in [9.17, 15) is 22.6 Å². The van der Waals surface area contributed by atoms with Crippen molar-refractivity contribution in [3.8, 4) is 23.2 Å². The number of benzene rings is 2. The minimum atomic E-state index is -4.18. The van der Waals surface area contributed by atoms with E-state index in [0.29, 0.717) is 27.9 Å². The van der Waals surface area contributed by atoms with Gasteiger partial charge in [0, 0.05) is 11.5 Å². The van der Waals surface area contributed by atoms with Gasteiger partial charge in [0.15, 0.2) is 0 Å². The van der Waals surface area contributed by atoms with Crippen molar-refractivity contribution in [1.82, 2.24) is 34.7 Å². The van der Waals surface area contributed by atoms with Gasteiger partial charge in [0.2, 0.25) is 17.7 Å². The molecule has 5 rings (SSSR count). The summed E-state index contributed by atoms with van der Waals surface area (Å²) in [5.41, 5.74) is 0.682. The van der Waals surface area contributed by atoms with Crippen LogP contribution in [0.1, 0.15) is 46.1 Å². The first-order valence-corrected chi connectivity index (χ1v) is 21.1. The van der Waals surface area contributed by atoms with Crippen LogP contribution in [0.4, 0.5) is 5.69 Å². The fourth-order valence-corrected chi connectivity index (χ4v) is 6.62. The van der Waals surface area contributed by atoms with Gasteiger partial charge in [0.25, 0.3) is 21.0 Å². The van der Waals surface area contributed by atoms with Crippen molar-refractivity contribution >= 4 is 81.5 Å². The van der Waals surface area contributed by atoms with E-state index in [2.05, 4.69) is 30.2 Å². The summed E-state index contributed by atoms with van der Waals surface area (Å²) in [5, 5.41) is 18.7. The third kappa shape index (κ3) is 13.2. The highest BCUT2D eigenvalue weighted by molar-refractivity contribution is 7.92. The number of ether oxygens (including phenoxy) is 3. The van der Waals surface area contributed by atoms with Gasteiger partial charge in [-0.25, -0.2) is 4.79 Å². The molecule has 0 aliphatic heterocycles. The molecule has 0 unspecified atom stereocenters. The van der Waals surface area contributed by atoms with Crippen LogP contribution < -0.4 is 30.0 Å². The predicted molar refractivity (Wildman–Crippen MR) is 215 cm³/mol. The lowest BCUT2D eigenvalue weighted by Gasteiger charge is -2.13. The highest BCUT2D eigenvalue weighted by Crippen LogP contribution is 2.35. The molecule has 0 amide bonds. The molecule has 3 aromatic heterocycles. The van der Waals surface area contributed by atoms with Crippen molar-refractivity contribution in [2.24, 2.45) is 0 Å². The van der Waals surface area contributed by atoms with Gasteiger partial charge in [0.1, 0.15) is 5.75 Å². The third-order valence-corrected chi connectivity index (χ3v) is 9.95. The molecule has 20 nitrogen and oxygen atoms in total. The number of fused-ring (bicyclic) bond motifs is 1. The second kappa shape index (κ2) is 19.7. The van der Waals surface area contributed by atoms with Crippen LogP contribution in [0.5, 0.6) is 17.5 Å². The number of hydrogen-bond donors (Lipinski definition) is 5. The topological polar surface area (TPSA) is 272 Å². The number of carbonyl (C=O) groups is 1. The molecule has 0 radical (unpaired) electrons. The van der Waals surface area contributed by atoms with Crippen LogP contribution >= 0.6 is 54.0 Å². The Morgan fingerprint density at radius 1 is 1.00 bits per heavy atom. The van der Waals surface area contributed by atoms with Gasteiger partial charge in [0.05, 0.1) is 70.7 Å². The van der Waals surface area contributed by atoms with Crippen molar-refractivity contribution < 1.29 is 51.3 Å². The highest BCUT2D eigenvalue weighted by Gasteiger charge is 2.26. The van der Waals surface area contributed by atoms with Gasteiger partial charge in [-0.2, -0.15) is 27.6 Å². The molecule has 0 spiro atoms. The second-order valence-corrected chi connectivity index (χ2v) is 17.8. The van der Waals surface area contributed by atoms with E-state index in [-0.39, 0.29) is 49.8 Å². The zero-order chi connectivity index (χ0) is 43.9. The van der Waals surface area contributed by atoms with Crippen LogP contribution in [-0.4, -0.2) is 91.8 Å². The van der Waals surface area contributed by atoms with Crippen LogP contribution in [0.2, 0.25) is 20.1 Å². The molecule has 318 valence electrons. The maximum Gasteiger partial charge on any atom is 0.442 e. The fraction of sp³-hybridized carbons (Fsp3) is 0.375. The summed E-state index contributed by atoms with van der Waals surface area (Å²) in [5.74, 6) is -0.602. The van der Waals surface area contributed by atoms with E-state index in [1.165, 1.54) is 32.4 Å². The summed E-state index contributed by atoms with van der Waals surface area (Å²) < 4.78 is 61.0. The molecular formula is C32H39Cl4N8O12PS. The molecule has 2 aromatic carbocycles. The summed E-state index contributed by atoms with van der Waals surface area (Å²) in [6, 6.07) is 7.76. The average molecular weight is 933 g/mol. The number of carboxylic acid groups (broad SMARTS) is 1. The van der Waals surface area contributed by atoms with Crippen LogP contribution in [-0.2, 0) is 24.8 Å². The standard InChI is InChI=1S/C15H18Cl2N2O3.C14H13Cl2N5O4S.C3H8NO5P/c1-8(2)21-12-7-11(9(16)6-10(12)17)19-14(20)22-13(18-19)15(3,4)5;1-7-4-5-8(15)12(11(7)16)20-26(22,23)14-18-13-17-9(24-2)6-10(25-3)21(13)19-14;5-3(6)1-4-2-10(7,8)9/h6-8H,1-5H3;4-6,20H,1-3H3;4H,1-2H2,(H,5,6)(H2,7,8,9). The Hall–Kier alpha value is -4.18. The number of nitrogens with one attached hydrogen (secondary N) is 2. The van der Waals surface area contributed by atoms with E-state index in [1.54, 1.807) is 19.1 Å². The van der Waals surface area contributed by atoms with Crippen LogP contribution in [0, 0.1) is 6.92 Å². The van der Waals surface area contributed by atoms with Crippen LogP contribution in [0.15, 0.2) is 44.7 Å². The number of hydrogen-bond acceptors (Lipinski definition) is 14. The molecule has 0 saturated carbocycles. The van der Waals surface area contributed by atoms with Crippen LogP contribution in [0.25, 0.3) is 11.5 Å². The van der Waals surface area contributed by atoms with E-state index >= 15 is 0 Å². The van der Waals surface area contributed by atoms with Gasteiger partial charge in [-0.1, -0.05) is 73.2 Å². The molecular weight excluding hydrogens is 893 g/mol. The number of carboxylic acids is 1. The number of aryl methyl sites for hydroxylation is 1. The van der Waals surface area contributed by atoms with Gasteiger partial charge in [-0.15, -0.1) is 10.2 Å². The van der Waals surface area contributed by atoms with Gasteiger partial charge in [-0.3, -0.25) is 19.4 Å². The van der Waals surface area contributed by atoms with Crippen LogP contribution in [0.3, 0.4) is 0 Å². The minimum Gasteiger partial charge on any atom is -0.489 e. The molecule has 58 heavy (non-hydrogen) atoms. The molecule has 0 saturated heterocycles. The maximum absolute atomic E-state index is 12.7. The first-order chi connectivity index (χ1) is 26.8. The lowest BCUT2D eigenvalue weighted by atomic mass is 9.97. The molecule has 0 aliphatic carbocycles. The zero-order valence-electron chi connectivity index (χ0n) is 31.9. The Morgan fingerprint density at radius 3 is 2.19 bits per heavy atom. The highest BCUT2D eigenvalue weighted by atomic mass is 35.5. The Kier molecular flexibility index (Phi) is 16.4. The fourth-order valence-electron chi connectivity index (χ4n) is 4.16. The lowest BCUT2D eigenvalue weighted by molar-refractivity contribution is -0.135. The number of anilines is 1. The normalized spacial score (nSPS) is 11.7. The van der Waals surface area contributed by atoms with Gasteiger partial charge < -0.3 is 33.5 Å². The van der Waals surface area contributed by atoms with E-state index < -0.39 is 47.3 Å². The van der Waals surface area contributed by atoms with E-state index in [1.807, 2.05) is 34.6 Å². The Balaban J connectivity index is 0.000000255. The number of aliphatic carboxylic acids is 1. The molecule has 0 atom stereocenters. The molecule has 5 aromatic rings. The predicted octanol–water partition coefficient (Wildman–Crippen LogP) is 5.57. The van der Waals surface area contributed by atoms with Crippen molar-refractivity contribution in [3.05, 3.63) is 72.4 Å². The number of sulfonamides is 1. The monoisotopic (exact) mass is 930 g/mol. The molecule has 0 bridgehead atoms. The third-order valence-electron chi connectivity index (χ3n) is 6.79. The first kappa shape index (κ1) is 48.2. The summed E-state index contributed by atoms with van der Waals surface area (Å²) in [6.07, 6.45) is -0.662. The summed E-state index contributed by atoms with van der Waals surface area (Å²) in [7, 11) is -5.47. The maximum atomic E-state index is 12.7. The Morgan fingerprint density at radius 2 is 1.66 bits per heavy atom. The molecule has 26 heteroatoms. The summed E-state index contributed by atoms with van der Waals surface area (Å²) in [4.78, 5) is 46.2. The first-order valence-electron chi connectivity index (χ1n) is 16.3. The van der Waals surface area contributed by atoms with Crippen molar-refractivity contribution in [2.75, 3.05) is 31.8 Å². The quantitative estimate of drug-likeness (QED) is 0.0957. The SMILES string of the molecule is CC(C)Oc1cc(-n2nc(C(C)(C)C)oc2=O)c(Cl)cc1Cl.COc1cc(OC)n2nc(S(=O)(=O)Nc3c(Cl)ccc(C)c3Cl)nc2n1.O=C(O)CNCP(=O)(O)O. The van der Waals surface area contributed by atoms with Gasteiger partial charge in [-0.05, 0) is 38.5 Å². The number of nitrogens with zero attached hydrogens (tertiary/aromatic N) is 6. The smallest absolute Gasteiger partial charge is 0.442 e. The molecule has 3 heterocycles. The summed E-state index contributed by atoms with van der Waals surface area (Å²) in [6.45, 7) is 10.7. The number of methoxy groups -OCH3 is 2. The lowest BCUT2D eigenvalue weighted by Crippen LogP contribution is -2.23. The number of halogens is 4. The molecule has 0 aliphatic rings. The van der Waals surface area contributed by atoms with E-state index in [0.717, 1.165) is 9.20 Å². The van der Waals surface area contributed by atoms with Gasteiger partial charge >= 0.3 is 19.3 Å². The van der Waals surface area contributed by atoms with Crippen molar-refractivity contribution in [1.29, 1.82) is 0 Å².